The van der Waals surface area contributed by atoms with Crippen molar-refractivity contribution in [3.63, 3.8) is 0 Å². The van der Waals surface area contributed by atoms with Crippen LogP contribution in [0.2, 0.25) is 0 Å². The fourth-order valence-electron chi connectivity index (χ4n) is 3.15. The topological polar surface area (TPSA) is 27.1 Å². The fourth-order valence-corrected chi connectivity index (χ4v) is 3.15. The lowest BCUT2D eigenvalue weighted by Gasteiger charge is -2.13. The molecule has 0 amide bonds. The van der Waals surface area contributed by atoms with E-state index in [0.717, 1.165) is 37.3 Å². The predicted molar refractivity (Wildman–Crippen MR) is 104 cm³/mol. The molecule has 0 saturated carbocycles. The Morgan fingerprint density at radius 1 is 1.04 bits per heavy atom. The highest BCUT2D eigenvalue weighted by Crippen LogP contribution is 2.26. The van der Waals surface area contributed by atoms with Crippen LogP contribution in [0.1, 0.15) is 49.3 Å². The van der Waals surface area contributed by atoms with Gasteiger partial charge in [-0.2, -0.15) is 0 Å². The number of unbranched alkanes of at least 4 members (excludes halogenated alkanes) is 1. The number of imidazole rings is 1. The molecule has 0 unspecified atom stereocenters. The monoisotopic (exact) mass is 336 g/mol. The van der Waals surface area contributed by atoms with Gasteiger partial charge in [-0.1, -0.05) is 32.0 Å². The number of aryl methyl sites for hydroxylation is 3. The number of aromatic nitrogens is 2. The van der Waals surface area contributed by atoms with Crippen molar-refractivity contribution in [2.75, 3.05) is 6.61 Å². The molecule has 3 rings (SSSR count). The van der Waals surface area contributed by atoms with Gasteiger partial charge >= 0.3 is 0 Å². The van der Waals surface area contributed by atoms with Crippen molar-refractivity contribution < 1.29 is 4.74 Å². The Morgan fingerprint density at radius 3 is 2.60 bits per heavy atom. The molecule has 0 atom stereocenters. The molecule has 0 fully saturated rings. The largest absolute Gasteiger partial charge is 0.493 e. The first-order valence-electron chi connectivity index (χ1n) is 9.20. The van der Waals surface area contributed by atoms with Crippen LogP contribution >= 0.6 is 0 Å². The number of para-hydroxylation sites is 1. The van der Waals surface area contributed by atoms with E-state index in [1.807, 2.05) is 12.4 Å². The molecule has 3 aromatic rings. The van der Waals surface area contributed by atoms with Gasteiger partial charge in [-0.25, -0.2) is 4.98 Å². The molecule has 25 heavy (non-hydrogen) atoms. The highest BCUT2D eigenvalue weighted by molar-refractivity contribution is 5.77. The summed E-state index contributed by atoms with van der Waals surface area (Å²) in [7, 11) is 0. The van der Waals surface area contributed by atoms with E-state index < -0.39 is 0 Å². The third-order valence-electron chi connectivity index (χ3n) is 4.83. The zero-order valence-electron chi connectivity index (χ0n) is 15.7. The van der Waals surface area contributed by atoms with E-state index in [1.54, 1.807) is 0 Å². The zero-order chi connectivity index (χ0) is 17.8. The number of benzene rings is 2. The summed E-state index contributed by atoms with van der Waals surface area (Å²) in [6.07, 6.45) is 4.08. The molecule has 0 aliphatic heterocycles. The van der Waals surface area contributed by atoms with Crippen molar-refractivity contribution in [1.29, 1.82) is 0 Å². The van der Waals surface area contributed by atoms with Gasteiger partial charge in [-0.05, 0) is 67.5 Å². The number of ether oxygens (including phenoxy) is 1. The summed E-state index contributed by atoms with van der Waals surface area (Å²) >= 11 is 0. The Labute approximate surface area is 150 Å². The van der Waals surface area contributed by atoms with Crippen molar-refractivity contribution in [3.8, 4) is 5.75 Å². The Balaban J connectivity index is 1.54. The van der Waals surface area contributed by atoms with E-state index in [1.165, 1.54) is 22.2 Å². The van der Waals surface area contributed by atoms with Gasteiger partial charge in [0.1, 0.15) is 5.75 Å². The Morgan fingerprint density at radius 2 is 1.80 bits per heavy atom. The van der Waals surface area contributed by atoms with E-state index in [2.05, 4.69) is 67.6 Å². The van der Waals surface area contributed by atoms with E-state index in [0.29, 0.717) is 5.92 Å². The van der Waals surface area contributed by atoms with Crippen LogP contribution in [-0.2, 0) is 6.54 Å². The molecule has 0 spiro atoms. The molecule has 3 heteroatoms. The summed E-state index contributed by atoms with van der Waals surface area (Å²) in [4.78, 5) is 4.53. The average Bonchev–Trinajstić information content (AvgIpc) is 2.97. The third kappa shape index (κ3) is 4.04. The number of rotatable bonds is 7. The molecule has 3 nitrogen and oxygen atoms in total. The van der Waals surface area contributed by atoms with Crippen LogP contribution in [0, 0.1) is 13.8 Å². The number of hydrogen-bond acceptors (Lipinski definition) is 2. The maximum Gasteiger partial charge on any atom is 0.122 e. The second-order valence-electron chi connectivity index (χ2n) is 7.11. The standard InChI is InChI=1S/C22H28N2O/c1-16(2)19-9-5-6-10-22(19)25-12-8-7-11-24-15-23-20-13-17(3)18(4)14-21(20)24/h5-6,9-10,13-16H,7-8,11-12H2,1-4H3. The summed E-state index contributed by atoms with van der Waals surface area (Å²) in [6.45, 7) is 10.4. The van der Waals surface area contributed by atoms with Crippen molar-refractivity contribution in [1.82, 2.24) is 9.55 Å². The smallest absolute Gasteiger partial charge is 0.122 e. The van der Waals surface area contributed by atoms with Crippen LogP contribution in [0.25, 0.3) is 11.0 Å². The highest BCUT2D eigenvalue weighted by Gasteiger charge is 2.07. The molecule has 0 N–H and O–H groups in total. The molecule has 2 aromatic carbocycles. The Kier molecular flexibility index (Phi) is 5.42. The van der Waals surface area contributed by atoms with Crippen molar-refractivity contribution in [2.45, 2.75) is 53.0 Å². The summed E-state index contributed by atoms with van der Waals surface area (Å²) in [5.41, 5.74) is 6.23. The van der Waals surface area contributed by atoms with Gasteiger partial charge in [-0.3, -0.25) is 0 Å². The number of nitrogens with zero attached hydrogens (tertiary/aromatic N) is 2. The first kappa shape index (κ1) is 17.5. The van der Waals surface area contributed by atoms with E-state index in [9.17, 15) is 0 Å². The van der Waals surface area contributed by atoms with E-state index in [-0.39, 0.29) is 0 Å². The first-order valence-corrected chi connectivity index (χ1v) is 9.20. The number of fused-ring (bicyclic) bond motifs is 1. The lowest BCUT2D eigenvalue weighted by Crippen LogP contribution is -2.03. The molecule has 0 radical (unpaired) electrons. The molecule has 0 saturated heterocycles. The quantitative estimate of drug-likeness (QED) is 0.522. The van der Waals surface area contributed by atoms with Crippen molar-refractivity contribution in [2.24, 2.45) is 0 Å². The second kappa shape index (κ2) is 7.73. The maximum absolute atomic E-state index is 6.02. The van der Waals surface area contributed by atoms with Crippen LogP contribution in [0.4, 0.5) is 0 Å². The minimum absolute atomic E-state index is 0.486. The average molecular weight is 336 g/mol. The lowest BCUT2D eigenvalue weighted by atomic mass is 10.0. The van der Waals surface area contributed by atoms with Crippen LogP contribution in [0.15, 0.2) is 42.7 Å². The van der Waals surface area contributed by atoms with Crippen molar-refractivity contribution in [3.05, 3.63) is 59.4 Å². The van der Waals surface area contributed by atoms with E-state index >= 15 is 0 Å². The molecule has 1 aromatic heterocycles. The van der Waals surface area contributed by atoms with Crippen LogP contribution in [0.3, 0.4) is 0 Å². The third-order valence-corrected chi connectivity index (χ3v) is 4.83. The zero-order valence-corrected chi connectivity index (χ0v) is 15.7. The minimum Gasteiger partial charge on any atom is -0.493 e. The molecule has 0 aliphatic carbocycles. The SMILES string of the molecule is Cc1cc2ncn(CCCCOc3ccccc3C(C)C)c2cc1C. The first-order chi connectivity index (χ1) is 12.1. The van der Waals surface area contributed by atoms with Gasteiger partial charge in [0.15, 0.2) is 0 Å². The van der Waals surface area contributed by atoms with Gasteiger partial charge in [0, 0.05) is 6.54 Å². The molecule has 132 valence electrons. The molecule has 1 heterocycles. The van der Waals surface area contributed by atoms with Gasteiger partial charge in [-0.15, -0.1) is 0 Å². The van der Waals surface area contributed by atoms with Gasteiger partial charge in [0.25, 0.3) is 0 Å². The normalized spacial score (nSPS) is 11.4. The van der Waals surface area contributed by atoms with E-state index in [4.69, 9.17) is 4.74 Å². The van der Waals surface area contributed by atoms with Gasteiger partial charge in [0.05, 0.1) is 24.0 Å². The minimum atomic E-state index is 0.486. The predicted octanol–water partition coefficient (Wildman–Crippen LogP) is 5.64. The van der Waals surface area contributed by atoms with Crippen LogP contribution in [-0.4, -0.2) is 16.2 Å². The highest BCUT2D eigenvalue weighted by atomic mass is 16.5. The van der Waals surface area contributed by atoms with Crippen molar-refractivity contribution >= 4 is 11.0 Å². The summed E-state index contributed by atoms with van der Waals surface area (Å²) in [5.74, 6) is 1.51. The summed E-state index contributed by atoms with van der Waals surface area (Å²) in [5, 5.41) is 0. The Hall–Kier alpha value is -2.29. The number of hydrogen-bond donors (Lipinski definition) is 0. The molecule has 0 bridgehead atoms. The molecule has 0 aliphatic rings. The second-order valence-corrected chi connectivity index (χ2v) is 7.11. The summed E-state index contributed by atoms with van der Waals surface area (Å²) < 4.78 is 8.27. The lowest BCUT2D eigenvalue weighted by molar-refractivity contribution is 0.299. The Bertz CT molecular complexity index is 848. The van der Waals surface area contributed by atoms with Crippen LogP contribution in [0.5, 0.6) is 5.75 Å². The maximum atomic E-state index is 6.02. The van der Waals surface area contributed by atoms with Gasteiger partial charge in [0.2, 0.25) is 0 Å². The molecular formula is C22H28N2O. The molecular weight excluding hydrogens is 308 g/mol. The van der Waals surface area contributed by atoms with Gasteiger partial charge < -0.3 is 9.30 Å². The summed E-state index contributed by atoms with van der Waals surface area (Å²) in [6, 6.07) is 12.8. The van der Waals surface area contributed by atoms with Crippen LogP contribution < -0.4 is 4.74 Å². The fraction of sp³-hybridized carbons (Fsp3) is 0.409.